The van der Waals surface area contributed by atoms with Crippen molar-refractivity contribution in [1.29, 1.82) is 0 Å². The third kappa shape index (κ3) is 3.11. The first-order chi connectivity index (χ1) is 9.51. The molecular weight excluding hydrogens is 324 g/mol. The predicted octanol–water partition coefficient (Wildman–Crippen LogP) is 4.83. The summed E-state index contributed by atoms with van der Waals surface area (Å²) >= 11 is 5.76. The van der Waals surface area contributed by atoms with Gasteiger partial charge in [0.2, 0.25) is 0 Å². The summed E-state index contributed by atoms with van der Waals surface area (Å²) in [6.07, 6.45) is -11.1. The molecule has 0 aliphatic heterocycles. The van der Waals surface area contributed by atoms with Crippen molar-refractivity contribution in [2.24, 2.45) is 11.7 Å². The average Bonchev–Trinajstić information content (AvgIpc) is 2.70. The van der Waals surface area contributed by atoms with Crippen LogP contribution in [0.3, 0.4) is 0 Å². The van der Waals surface area contributed by atoms with E-state index in [4.69, 9.17) is 21.8 Å². The Morgan fingerprint density at radius 2 is 1.62 bits per heavy atom. The van der Waals surface area contributed by atoms with Crippen molar-refractivity contribution in [3.8, 4) is 0 Å². The summed E-state index contributed by atoms with van der Waals surface area (Å²) in [5, 5.41) is 0.345. The van der Waals surface area contributed by atoms with E-state index in [0.717, 1.165) is 6.07 Å². The van der Waals surface area contributed by atoms with Crippen molar-refractivity contribution in [2.75, 3.05) is 0 Å². The Hall–Kier alpha value is -1.41. The zero-order valence-electron chi connectivity index (χ0n) is 10.1. The van der Waals surface area contributed by atoms with Crippen LogP contribution in [-0.2, 0) is 0 Å². The molecule has 2 aromatic rings. The Balaban J connectivity index is 2.49. The van der Waals surface area contributed by atoms with Gasteiger partial charge in [-0.1, -0.05) is 23.7 Å². The molecule has 1 aromatic carbocycles. The number of furan rings is 1. The normalized spacial score (nSPS) is 14.9. The molecule has 0 aliphatic carbocycles. The lowest BCUT2D eigenvalue weighted by Gasteiger charge is -2.26. The number of hydrogen-bond acceptors (Lipinski definition) is 2. The van der Waals surface area contributed by atoms with Gasteiger partial charge in [-0.15, -0.1) is 0 Å². The second kappa shape index (κ2) is 5.10. The lowest BCUT2D eigenvalue weighted by molar-refractivity contribution is -0.291. The van der Waals surface area contributed by atoms with Crippen LogP contribution >= 0.6 is 11.6 Å². The van der Waals surface area contributed by atoms with Gasteiger partial charge >= 0.3 is 12.4 Å². The van der Waals surface area contributed by atoms with Crippen molar-refractivity contribution in [2.45, 2.75) is 18.4 Å². The van der Waals surface area contributed by atoms with Crippen LogP contribution in [0.5, 0.6) is 0 Å². The van der Waals surface area contributed by atoms with E-state index in [0.29, 0.717) is 0 Å². The second-order valence-electron chi connectivity index (χ2n) is 4.39. The number of alkyl halides is 6. The van der Waals surface area contributed by atoms with Crippen LogP contribution < -0.4 is 5.73 Å². The Labute approximate surface area is 119 Å². The second-order valence-corrected chi connectivity index (χ2v) is 4.80. The first kappa shape index (κ1) is 16.0. The van der Waals surface area contributed by atoms with Gasteiger partial charge < -0.3 is 10.2 Å². The van der Waals surface area contributed by atoms with Crippen LogP contribution in [-0.4, -0.2) is 12.4 Å². The summed E-state index contributed by atoms with van der Waals surface area (Å²) in [6, 6.07) is 2.94. The SMILES string of the molecule is NC(c1cc2cccc(Cl)c2o1)C(C(F)(F)F)C(F)(F)F. The Bertz CT molecular complexity index is 633. The Morgan fingerprint density at radius 3 is 2.10 bits per heavy atom. The van der Waals surface area contributed by atoms with Crippen molar-refractivity contribution >= 4 is 22.6 Å². The summed E-state index contributed by atoms with van der Waals surface area (Å²) < 4.78 is 80.7. The summed E-state index contributed by atoms with van der Waals surface area (Å²) in [4.78, 5) is 0. The molecule has 1 aromatic heterocycles. The van der Waals surface area contributed by atoms with Crippen LogP contribution in [0.2, 0.25) is 5.02 Å². The van der Waals surface area contributed by atoms with E-state index < -0.39 is 30.1 Å². The monoisotopic (exact) mass is 331 g/mol. The molecule has 0 saturated carbocycles. The minimum Gasteiger partial charge on any atom is -0.458 e. The highest BCUT2D eigenvalue weighted by atomic mass is 35.5. The standard InChI is InChI=1S/C12H8ClF6NO/c13-6-3-1-2-5-4-7(21-9(5)6)8(20)10(11(14,15)16)12(17,18)19/h1-4,8,10H,20H2. The van der Waals surface area contributed by atoms with Crippen molar-refractivity contribution in [3.63, 3.8) is 0 Å². The highest BCUT2D eigenvalue weighted by Crippen LogP contribution is 2.46. The van der Waals surface area contributed by atoms with E-state index in [1.807, 2.05) is 0 Å². The third-order valence-corrected chi connectivity index (χ3v) is 3.21. The zero-order valence-corrected chi connectivity index (χ0v) is 10.9. The Morgan fingerprint density at radius 1 is 1.05 bits per heavy atom. The Kier molecular flexibility index (Phi) is 3.88. The number of rotatable bonds is 2. The summed E-state index contributed by atoms with van der Waals surface area (Å²) in [6.45, 7) is 0. The van der Waals surface area contributed by atoms with E-state index in [1.54, 1.807) is 0 Å². The van der Waals surface area contributed by atoms with E-state index in [2.05, 4.69) is 0 Å². The van der Waals surface area contributed by atoms with Crippen LogP contribution in [0.4, 0.5) is 26.3 Å². The van der Waals surface area contributed by atoms with Gasteiger partial charge in [-0.3, -0.25) is 0 Å². The molecule has 2 nitrogen and oxygen atoms in total. The zero-order chi connectivity index (χ0) is 16.0. The van der Waals surface area contributed by atoms with Crippen molar-refractivity contribution < 1.29 is 30.8 Å². The lowest BCUT2D eigenvalue weighted by atomic mass is 9.97. The van der Waals surface area contributed by atoms with Gasteiger partial charge in [-0.2, -0.15) is 26.3 Å². The number of halogens is 7. The van der Waals surface area contributed by atoms with E-state index in [9.17, 15) is 26.3 Å². The highest BCUT2D eigenvalue weighted by Gasteiger charge is 2.60. The molecule has 2 N–H and O–H groups in total. The lowest BCUT2D eigenvalue weighted by Crippen LogP contribution is -2.43. The fourth-order valence-corrected chi connectivity index (χ4v) is 2.19. The highest BCUT2D eigenvalue weighted by molar-refractivity contribution is 6.34. The molecule has 0 spiro atoms. The fraction of sp³-hybridized carbons (Fsp3) is 0.333. The molecule has 0 aliphatic rings. The summed E-state index contributed by atoms with van der Waals surface area (Å²) in [5.41, 5.74) is 5.14. The van der Waals surface area contributed by atoms with Gasteiger partial charge in [0.15, 0.2) is 11.5 Å². The molecule has 1 unspecified atom stereocenters. The van der Waals surface area contributed by atoms with Gasteiger partial charge in [0.25, 0.3) is 0 Å². The van der Waals surface area contributed by atoms with Crippen molar-refractivity contribution in [3.05, 3.63) is 35.0 Å². The first-order valence-electron chi connectivity index (χ1n) is 5.59. The van der Waals surface area contributed by atoms with Gasteiger partial charge in [-0.25, -0.2) is 0 Å². The van der Waals surface area contributed by atoms with Gasteiger partial charge in [0.05, 0.1) is 11.1 Å². The van der Waals surface area contributed by atoms with Crippen molar-refractivity contribution in [1.82, 2.24) is 0 Å². The molecule has 2 rings (SSSR count). The quantitative estimate of drug-likeness (QED) is 0.801. The molecule has 1 atom stereocenters. The molecule has 0 bridgehead atoms. The largest absolute Gasteiger partial charge is 0.458 e. The number of nitrogens with two attached hydrogens (primary N) is 1. The first-order valence-corrected chi connectivity index (χ1v) is 5.96. The number of para-hydroxylation sites is 1. The summed E-state index contributed by atoms with van der Waals surface area (Å²) in [5.74, 6) is -4.35. The number of hydrogen-bond donors (Lipinski definition) is 1. The molecule has 21 heavy (non-hydrogen) atoms. The predicted molar refractivity (Wildman–Crippen MR) is 63.8 cm³/mol. The molecule has 0 radical (unpaired) electrons. The summed E-state index contributed by atoms with van der Waals surface area (Å²) in [7, 11) is 0. The molecule has 0 fully saturated rings. The minimum absolute atomic E-state index is 0.00674. The number of benzene rings is 1. The maximum Gasteiger partial charge on any atom is 0.402 e. The maximum absolute atomic E-state index is 12.6. The smallest absolute Gasteiger partial charge is 0.402 e. The van der Waals surface area contributed by atoms with E-state index in [1.165, 1.54) is 18.2 Å². The molecule has 1 heterocycles. The van der Waals surface area contributed by atoms with Gasteiger partial charge in [0, 0.05) is 5.39 Å². The maximum atomic E-state index is 12.6. The van der Waals surface area contributed by atoms with Gasteiger partial charge in [0.1, 0.15) is 5.76 Å². The molecule has 116 valence electrons. The van der Waals surface area contributed by atoms with Gasteiger partial charge in [-0.05, 0) is 12.1 Å². The molecule has 0 amide bonds. The third-order valence-electron chi connectivity index (χ3n) is 2.91. The topological polar surface area (TPSA) is 39.2 Å². The molecule has 9 heteroatoms. The van der Waals surface area contributed by atoms with Crippen LogP contribution in [0.25, 0.3) is 11.0 Å². The van der Waals surface area contributed by atoms with Crippen LogP contribution in [0.1, 0.15) is 11.8 Å². The average molecular weight is 332 g/mol. The number of fused-ring (bicyclic) bond motifs is 1. The van der Waals surface area contributed by atoms with Crippen LogP contribution in [0.15, 0.2) is 28.7 Å². The van der Waals surface area contributed by atoms with Crippen LogP contribution in [0, 0.1) is 5.92 Å². The minimum atomic E-state index is -5.54. The molecule has 0 saturated heterocycles. The fourth-order valence-electron chi connectivity index (χ4n) is 1.97. The van der Waals surface area contributed by atoms with E-state index in [-0.39, 0.29) is 16.0 Å². The van der Waals surface area contributed by atoms with E-state index >= 15 is 0 Å². The molecular formula is C12H8ClF6NO.